The average Bonchev–Trinajstić information content (AvgIpc) is 2.42. The van der Waals surface area contributed by atoms with Crippen LogP contribution in [0.3, 0.4) is 0 Å². The summed E-state index contributed by atoms with van der Waals surface area (Å²) in [5.41, 5.74) is 8.48. The standard InChI is InChI=1S/C11H14N4O3/c1-17-9-5-3-4-8(10(9)18-2)11(16)13-6-7-14-15-12/h3-5H,6-7H2,1-2H3,(H,13,16). The van der Waals surface area contributed by atoms with Crippen LogP contribution in [0.4, 0.5) is 0 Å². The smallest absolute Gasteiger partial charge is 0.255 e. The van der Waals surface area contributed by atoms with E-state index in [-0.39, 0.29) is 19.0 Å². The summed E-state index contributed by atoms with van der Waals surface area (Å²) in [4.78, 5) is 14.5. The highest BCUT2D eigenvalue weighted by Crippen LogP contribution is 2.30. The highest BCUT2D eigenvalue weighted by Gasteiger charge is 2.15. The van der Waals surface area contributed by atoms with Crippen molar-refractivity contribution in [2.45, 2.75) is 0 Å². The van der Waals surface area contributed by atoms with Gasteiger partial charge in [0.2, 0.25) is 0 Å². The molecule has 0 saturated carbocycles. The van der Waals surface area contributed by atoms with E-state index in [0.29, 0.717) is 17.1 Å². The molecular formula is C11H14N4O3. The number of nitrogens with one attached hydrogen (secondary N) is 1. The van der Waals surface area contributed by atoms with Crippen molar-refractivity contribution in [3.63, 3.8) is 0 Å². The second kappa shape index (κ2) is 7.03. The molecule has 0 aromatic heterocycles. The zero-order chi connectivity index (χ0) is 13.4. The second-order valence-corrected chi connectivity index (χ2v) is 3.25. The molecule has 7 heteroatoms. The number of carbonyl (C=O) groups excluding carboxylic acids is 1. The first-order valence-corrected chi connectivity index (χ1v) is 5.24. The van der Waals surface area contributed by atoms with Crippen LogP contribution in [0.15, 0.2) is 23.3 Å². The summed E-state index contributed by atoms with van der Waals surface area (Å²) >= 11 is 0. The van der Waals surface area contributed by atoms with Crippen molar-refractivity contribution in [3.05, 3.63) is 34.2 Å². The van der Waals surface area contributed by atoms with Crippen molar-refractivity contribution in [2.24, 2.45) is 5.11 Å². The lowest BCUT2D eigenvalue weighted by atomic mass is 10.1. The van der Waals surface area contributed by atoms with Crippen LogP contribution in [0, 0.1) is 0 Å². The number of methoxy groups -OCH3 is 2. The van der Waals surface area contributed by atoms with E-state index >= 15 is 0 Å². The normalized spacial score (nSPS) is 9.22. The Balaban J connectivity index is 2.81. The number of hydrogen-bond acceptors (Lipinski definition) is 4. The number of azide groups is 1. The monoisotopic (exact) mass is 250 g/mol. The summed E-state index contributed by atoms with van der Waals surface area (Å²) in [6, 6.07) is 5.03. The molecule has 1 amide bonds. The van der Waals surface area contributed by atoms with Crippen molar-refractivity contribution >= 4 is 5.91 Å². The van der Waals surface area contributed by atoms with Crippen LogP contribution in [0.2, 0.25) is 0 Å². The first kappa shape index (κ1) is 13.7. The average molecular weight is 250 g/mol. The lowest BCUT2D eigenvalue weighted by Crippen LogP contribution is -2.26. The van der Waals surface area contributed by atoms with E-state index in [0.717, 1.165) is 0 Å². The maximum Gasteiger partial charge on any atom is 0.255 e. The van der Waals surface area contributed by atoms with Crippen LogP contribution < -0.4 is 14.8 Å². The number of ether oxygens (including phenoxy) is 2. The van der Waals surface area contributed by atoms with Crippen LogP contribution in [-0.2, 0) is 0 Å². The molecular weight excluding hydrogens is 236 g/mol. The largest absolute Gasteiger partial charge is 0.493 e. The molecule has 0 aliphatic heterocycles. The fourth-order valence-corrected chi connectivity index (χ4v) is 1.43. The molecule has 0 spiro atoms. The van der Waals surface area contributed by atoms with Gasteiger partial charge in [-0.25, -0.2) is 0 Å². The van der Waals surface area contributed by atoms with Crippen LogP contribution in [-0.4, -0.2) is 33.2 Å². The van der Waals surface area contributed by atoms with Gasteiger partial charge in [0.15, 0.2) is 11.5 Å². The molecule has 0 saturated heterocycles. The minimum atomic E-state index is -0.307. The molecule has 1 rings (SSSR count). The van der Waals surface area contributed by atoms with Gasteiger partial charge >= 0.3 is 0 Å². The molecule has 7 nitrogen and oxygen atoms in total. The van der Waals surface area contributed by atoms with Gasteiger partial charge in [0.25, 0.3) is 5.91 Å². The number of benzene rings is 1. The summed E-state index contributed by atoms with van der Waals surface area (Å²) in [5, 5.41) is 5.94. The first-order valence-electron chi connectivity index (χ1n) is 5.24. The third-order valence-corrected chi connectivity index (χ3v) is 2.21. The predicted molar refractivity (Wildman–Crippen MR) is 65.9 cm³/mol. The summed E-state index contributed by atoms with van der Waals surface area (Å²) < 4.78 is 10.2. The molecule has 0 aliphatic rings. The van der Waals surface area contributed by atoms with E-state index in [1.165, 1.54) is 14.2 Å². The Kier molecular flexibility index (Phi) is 5.34. The molecule has 0 radical (unpaired) electrons. The van der Waals surface area contributed by atoms with E-state index in [1.807, 2.05) is 0 Å². The molecule has 1 aromatic carbocycles. The van der Waals surface area contributed by atoms with Gasteiger partial charge < -0.3 is 14.8 Å². The number of para-hydroxylation sites is 1. The molecule has 1 aromatic rings. The zero-order valence-corrected chi connectivity index (χ0v) is 10.2. The highest BCUT2D eigenvalue weighted by molar-refractivity contribution is 5.97. The van der Waals surface area contributed by atoms with E-state index in [1.54, 1.807) is 18.2 Å². The third-order valence-electron chi connectivity index (χ3n) is 2.21. The molecule has 0 heterocycles. The van der Waals surface area contributed by atoms with Crippen LogP contribution in [0.1, 0.15) is 10.4 Å². The van der Waals surface area contributed by atoms with Gasteiger partial charge in [0, 0.05) is 18.0 Å². The third kappa shape index (κ3) is 3.29. The summed E-state index contributed by atoms with van der Waals surface area (Å²) in [6.07, 6.45) is 0. The van der Waals surface area contributed by atoms with E-state index in [2.05, 4.69) is 15.3 Å². The Morgan fingerprint density at radius 1 is 1.44 bits per heavy atom. The molecule has 0 bridgehead atoms. The number of amides is 1. The van der Waals surface area contributed by atoms with E-state index < -0.39 is 0 Å². The highest BCUT2D eigenvalue weighted by atomic mass is 16.5. The van der Waals surface area contributed by atoms with Crippen molar-refractivity contribution < 1.29 is 14.3 Å². The molecule has 0 fully saturated rings. The van der Waals surface area contributed by atoms with Gasteiger partial charge in [-0.3, -0.25) is 4.79 Å². The van der Waals surface area contributed by atoms with Crippen LogP contribution in [0.5, 0.6) is 11.5 Å². The van der Waals surface area contributed by atoms with Gasteiger partial charge in [-0.15, -0.1) is 0 Å². The molecule has 0 atom stereocenters. The lowest BCUT2D eigenvalue weighted by Gasteiger charge is -2.12. The number of nitrogens with zero attached hydrogens (tertiary/aromatic N) is 3. The quantitative estimate of drug-likeness (QED) is 0.360. The fourth-order valence-electron chi connectivity index (χ4n) is 1.43. The Bertz CT molecular complexity index is 469. The number of rotatable bonds is 6. The van der Waals surface area contributed by atoms with Crippen molar-refractivity contribution in [1.82, 2.24) is 5.32 Å². The minimum absolute atomic E-state index is 0.203. The predicted octanol–water partition coefficient (Wildman–Crippen LogP) is 1.74. The molecule has 0 aliphatic carbocycles. The maximum atomic E-state index is 11.9. The number of carbonyl (C=O) groups is 1. The Labute approximate surface area is 104 Å². The minimum Gasteiger partial charge on any atom is -0.493 e. The number of hydrogen-bond donors (Lipinski definition) is 1. The molecule has 18 heavy (non-hydrogen) atoms. The SMILES string of the molecule is COc1cccc(C(=O)NCCN=[N+]=[N-])c1OC. The topological polar surface area (TPSA) is 96.3 Å². The summed E-state index contributed by atoms with van der Waals surface area (Å²) in [7, 11) is 2.97. The van der Waals surface area contributed by atoms with Gasteiger partial charge in [-0.05, 0) is 17.7 Å². The zero-order valence-electron chi connectivity index (χ0n) is 10.2. The van der Waals surface area contributed by atoms with Crippen LogP contribution >= 0.6 is 0 Å². The van der Waals surface area contributed by atoms with Gasteiger partial charge in [-0.2, -0.15) is 0 Å². The lowest BCUT2D eigenvalue weighted by molar-refractivity contribution is 0.0951. The van der Waals surface area contributed by atoms with Crippen molar-refractivity contribution in [2.75, 3.05) is 27.3 Å². The molecule has 96 valence electrons. The van der Waals surface area contributed by atoms with E-state index in [9.17, 15) is 4.79 Å². The van der Waals surface area contributed by atoms with E-state index in [4.69, 9.17) is 15.0 Å². The van der Waals surface area contributed by atoms with Crippen molar-refractivity contribution in [1.29, 1.82) is 0 Å². The molecule has 0 unspecified atom stereocenters. The maximum absolute atomic E-state index is 11.9. The molecule has 1 N–H and O–H groups in total. The van der Waals surface area contributed by atoms with Gasteiger partial charge in [0.1, 0.15) is 0 Å². The first-order chi connectivity index (χ1) is 8.74. The Hall–Kier alpha value is -2.40. The Morgan fingerprint density at radius 2 is 2.22 bits per heavy atom. The Morgan fingerprint density at radius 3 is 2.83 bits per heavy atom. The van der Waals surface area contributed by atoms with Crippen LogP contribution in [0.25, 0.3) is 10.4 Å². The fraction of sp³-hybridized carbons (Fsp3) is 0.364. The van der Waals surface area contributed by atoms with Gasteiger partial charge in [0.05, 0.1) is 19.8 Å². The van der Waals surface area contributed by atoms with Gasteiger partial charge in [-0.1, -0.05) is 11.2 Å². The summed E-state index contributed by atoms with van der Waals surface area (Å²) in [5.74, 6) is 0.556. The second-order valence-electron chi connectivity index (χ2n) is 3.25. The summed E-state index contributed by atoms with van der Waals surface area (Å²) in [6.45, 7) is 0.470. The van der Waals surface area contributed by atoms with Crippen molar-refractivity contribution in [3.8, 4) is 11.5 Å².